The van der Waals surface area contributed by atoms with Gasteiger partial charge in [0, 0.05) is 23.8 Å². The van der Waals surface area contributed by atoms with Gasteiger partial charge in [0.1, 0.15) is 0 Å². The van der Waals surface area contributed by atoms with Crippen LogP contribution < -0.4 is 0 Å². The first-order chi connectivity index (χ1) is 12.0. The van der Waals surface area contributed by atoms with Crippen molar-refractivity contribution in [2.24, 2.45) is 0 Å². The molecule has 2 aromatic rings. The Balaban J connectivity index is 2.23. The van der Waals surface area contributed by atoms with Crippen molar-refractivity contribution in [3.8, 4) is 0 Å². The average molecular weight is 341 g/mol. The number of hydrogen-bond donors (Lipinski definition) is 1. The van der Waals surface area contributed by atoms with Crippen LogP contribution in [0, 0.1) is 0 Å². The average Bonchev–Trinajstić information content (AvgIpc) is 2.97. The van der Waals surface area contributed by atoms with E-state index in [9.17, 15) is 4.79 Å². The maximum Gasteiger partial charge on any atom is 0.328 e. The van der Waals surface area contributed by atoms with Gasteiger partial charge in [0.15, 0.2) is 0 Å². The van der Waals surface area contributed by atoms with E-state index < -0.39 is 5.97 Å². The predicted molar refractivity (Wildman–Crippen MR) is 105 cm³/mol. The first kappa shape index (κ1) is 19.3. The zero-order valence-corrected chi connectivity index (χ0v) is 15.8. The highest BCUT2D eigenvalue weighted by atomic mass is 16.4. The number of benzene rings is 1. The van der Waals surface area contributed by atoms with Crippen LogP contribution in [0.15, 0.2) is 42.1 Å². The molecule has 3 heteroatoms. The molecule has 0 aliphatic carbocycles. The summed E-state index contributed by atoms with van der Waals surface area (Å²) in [6.07, 6.45) is 11.7. The Bertz CT molecular complexity index is 719. The van der Waals surface area contributed by atoms with Gasteiger partial charge in [0.2, 0.25) is 0 Å². The number of fused-ring (bicyclic) bond motifs is 1. The second-order valence-electron chi connectivity index (χ2n) is 7.06. The van der Waals surface area contributed by atoms with Gasteiger partial charge in [-0.1, -0.05) is 51.2 Å². The lowest BCUT2D eigenvalue weighted by molar-refractivity contribution is -0.131. The Morgan fingerprint density at radius 3 is 2.44 bits per heavy atom. The van der Waals surface area contributed by atoms with Crippen LogP contribution in [-0.4, -0.2) is 15.6 Å². The van der Waals surface area contributed by atoms with Gasteiger partial charge in [-0.3, -0.25) is 0 Å². The molecule has 0 aliphatic heterocycles. The van der Waals surface area contributed by atoms with Crippen molar-refractivity contribution in [2.75, 3.05) is 0 Å². The fourth-order valence-electron chi connectivity index (χ4n) is 3.53. The van der Waals surface area contributed by atoms with E-state index in [1.54, 1.807) is 0 Å². The summed E-state index contributed by atoms with van der Waals surface area (Å²) in [5, 5.41) is 10.1. The summed E-state index contributed by atoms with van der Waals surface area (Å²) in [4.78, 5) is 10.8. The highest BCUT2D eigenvalue weighted by molar-refractivity contribution is 5.82. The van der Waals surface area contributed by atoms with Crippen LogP contribution in [0.25, 0.3) is 10.9 Å². The largest absolute Gasteiger partial charge is 0.478 e. The molecular weight excluding hydrogens is 310 g/mol. The summed E-state index contributed by atoms with van der Waals surface area (Å²) >= 11 is 0. The molecule has 0 radical (unpaired) electrons. The number of aromatic nitrogens is 1. The summed E-state index contributed by atoms with van der Waals surface area (Å²) in [7, 11) is 0. The van der Waals surface area contributed by atoms with Crippen LogP contribution >= 0.6 is 0 Å². The van der Waals surface area contributed by atoms with E-state index in [4.69, 9.17) is 5.11 Å². The van der Waals surface area contributed by atoms with E-state index >= 15 is 0 Å². The topological polar surface area (TPSA) is 42.2 Å². The van der Waals surface area contributed by atoms with Crippen LogP contribution in [0.3, 0.4) is 0 Å². The van der Waals surface area contributed by atoms with Crippen LogP contribution in [-0.2, 0) is 11.2 Å². The normalized spacial score (nSPS) is 12.2. The van der Waals surface area contributed by atoms with E-state index in [2.05, 4.69) is 48.9 Å². The fraction of sp³-hybridized carbons (Fsp3) is 0.500. The van der Waals surface area contributed by atoms with E-state index in [0.29, 0.717) is 12.5 Å². The van der Waals surface area contributed by atoms with Gasteiger partial charge in [0.05, 0.1) is 0 Å². The fourth-order valence-corrected chi connectivity index (χ4v) is 3.53. The molecule has 0 aliphatic rings. The van der Waals surface area contributed by atoms with E-state index in [0.717, 1.165) is 5.57 Å². The number of hydrogen-bond acceptors (Lipinski definition) is 1. The van der Waals surface area contributed by atoms with Gasteiger partial charge < -0.3 is 9.67 Å². The summed E-state index contributed by atoms with van der Waals surface area (Å²) in [5.74, 6) is -0.876. The van der Waals surface area contributed by atoms with Gasteiger partial charge >= 0.3 is 5.97 Å². The minimum Gasteiger partial charge on any atom is -0.478 e. The van der Waals surface area contributed by atoms with Gasteiger partial charge in [-0.15, -0.1) is 0 Å². The summed E-state index contributed by atoms with van der Waals surface area (Å²) in [5.41, 5.74) is 3.33. The number of rotatable bonds is 10. The number of aliphatic carboxylic acids is 1. The van der Waals surface area contributed by atoms with Crippen molar-refractivity contribution >= 4 is 16.9 Å². The van der Waals surface area contributed by atoms with E-state index in [-0.39, 0.29) is 0 Å². The van der Waals surface area contributed by atoms with Gasteiger partial charge in [-0.25, -0.2) is 4.79 Å². The third-order valence-electron chi connectivity index (χ3n) is 4.81. The molecule has 25 heavy (non-hydrogen) atoms. The van der Waals surface area contributed by atoms with E-state index in [1.165, 1.54) is 61.1 Å². The Labute approximate surface area is 151 Å². The monoisotopic (exact) mass is 341 g/mol. The van der Waals surface area contributed by atoms with Gasteiger partial charge in [0.25, 0.3) is 0 Å². The number of nitrogens with zero attached hydrogens (tertiary/aromatic N) is 1. The molecule has 1 aromatic heterocycles. The second-order valence-corrected chi connectivity index (χ2v) is 7.06. The lowest BCUT2D eigenvalue weighted by Gasteiger charge is -2.20. The van der Waals surface area contributed by atoms with Crippen LogP contribution in [0.5, 0.6) is 0 Å². The quantitative estimate of drug-likeness (QED) is 0.528. The lowest BCUT2D eigenvalue weighted by atomic mass is 10.0. The number of allylic oxidation sites excluding steroid dienone is 1. The molecule has 0 bridgehead atoms. The van der Waals surface area contributed by atoms with Crippen molar-refractivity contribution in [3.05, 3.63) is 47.7 Å². The number of carboxylic acids is 1. The number of carbonyl (C=O) groups is 1. The molecule has 3 nitrogen and oxygen atoms in total. The Morgan fingerprint density at radius 1 is 1.16 bits per heavy atom. The highest BCUT2D eigenvalue weighted by Crippen LogP contribution is 2.28. The maximum atomic E-state index is 10.8. The molecule has 0 saturated heterocycles. The van der Waals surface area contributed by atoms with Crippen molar-refractivity contribution in [3.63, 3.8) is 0 Å². The molecule has 1 aromatic carbocycles. The molecule has 0 unspecified atom stereocenters. The minimum atomic E-state index is -0.876. The van der Waals surface area contributed by atoms with Crippen molar-refractivity contribution < 1.29 is 9.90 Å². The minimum absolute atomic E-state index is 0.580. The molecule has 0 atom stereocenters. The third-order valence-corrected chi connectivity index (χ3v) is 4.81. The molecule has 0 saturated carbocycles. The van der Waals surface area contributed by atoms with Crippen LogP contribution in [0.1, 0.15) is 70.9 Å². The van der Waals surface area contributed by atoms with Gasteiger partial charge in [-0.2, -0.15) is 0 Å². The highest BCUT2D eigenvalue weighted by Gasteiger charge is 2.13. The summed E-state index contributed by atoms with van der Waals surface area (Å²) < 4.78 is 2.45. The molecule has 0 spiro atoms. The molecule has 0 amide bonds. The van der Waals surface area contributed by atoms with Crippen LogP contribution in [0.4, 0.5) is 0 Å². The standard InChI is InChI=1S/C22H31NO2/c1-4-6-8-20(9-7-5-2)23-13-12-19-16-18(10-11-21(19)23)14-17(3)15-22(24)25/h10-13,15-16,20H,4-9,14H2,1-3H3,(H,24,25). The summed E-state index contributed by atoms with van der Waals surface area (Å²) in [6.45, 7) is 6.38. The first-order valence-corrected chi connectivity index (χ1v) is 9.54. The van der Waals surface area contributed by atoms with Crippen molar-refractivity contribution in [1.82, 2.24) is 4.57 Å². The zero-order valence-electron chi connectivity index (χ0n) is 15.8. The Morgan fingerprint density at radius 2 is 1.84 bits per heavy atom. The second kappa shape index (κ2) is 9.45. The van der Waals surface area contributed by atoms with E-state index in [1.807, 2.05) is 6.92 Å². The molecule has 1 N–H and O–H groups in total. The van der Waals surface area contributed by atoms with Gasteiger partial charge in [-0.05, 0) is 55.3 Å². The Kier molecular flexibility index (Phi) is 7.30. The molecule has 1 heterocycles. The number of carboxylic acid groups (broad SMARTS) is 1. The molecule has 0 fully saturated rings. The predicted octanol–water partition coefficient (Wildman–Crippen LogP) is 6.14. The Hall–Kier alpha value is -2.03. The zero-order chi connectivity index (χ0) is 18.2. The SMILES string of the molecule is CCCCC(CCCC)n1ccc2cc(CC(C)=CC(=O)O)ccc21. The molecule has 2 rings (SSSR count). The first-order valence-electron chi connectivity index (χ1n) is 9.54. The summed E-state index contributed by atoms with van der Waals surface area (Å²) in [6, 6.07) is 9.30. The third kappa shape index (κ3) is 5.48. The lowest BCUT2D eigenvalue weighted by Crippen LogP contribution is -2.08. The smallest absolute Gasteiger partial charge is 0.328 e. The van der Waals surface area contributed by atoms with Crippen LogP contribution in [0.2, 0.25) is 0 Å². The number of unbranched alkanes of at least 4 members (excludes halogenated alkanes) is 2. The van der Waals surface area contributed by atoms with Crippen molar-refractivity contribution in [1.29, 1.82) is 0 Å². The maximum absolute atomic E-state index is 10.8. The molecular formula is C22H31NO2. The molecule has 136 valence electrons. The van der Waals surface area contributed by atoms with Crippen molar-refractivity contribution in [2.45, 2.75) is 71.8 Å².